The number of hydrogen-bond acceptors (Lipinski definition) is 5. The van der Waals surface area contributed by atoms with E-state index in [1.54, 1.807) is 40.6 Å². The monoisotopic (exact) mass is 580 g/mol. The van der Waals surface area contributed by atoms with E-state index in [1.807, 2.05) is 30.3 Å². The van der Waals surface area contributed by atoms with Gasteiger partial charge in [0, 0.05) is 6.54 Å². The molecule has 10 heteroatoms. The standard InChI is InChI=1S/C27H27Cl3N2O4S/c1-33-23-6-5-15(10-24(23)34-2)9-22-17-12-26(36-4)25(35-3)11-16(17)7-8-32(22)27(37)31-21-14-19(29)18(28)13-20(21)30/h5-6,10-14,22H,7-9H2,1-4H3,(H,31,37). The van der Waals surface area contributed by atoms with Crippen LogP contribution < -0.4 is 24.3 Å². The van der Waals surface area contributed by atoms with Crippen molar-refractivity contribution >= 4 is 57.8 Å². The Morgan fingerprint density at radius 1 is 0.838 bits per heavy atom. The van der Waals surface area contributed by atoms with Gasteiger partial charge in [-0.1, -0.05) is 40.9 Å². The van der Waals surface area contributed by atoms with Crippen molar-refractivity contribution in [2.24, 2.45) is 0 Å². The number of thiocarbonyl (C=S) groups is 1. The first kappa shape index (κ1) is 27.5. The van der Waals surface area contributed by atoms with Crippen molar-refractivity contribution in [1.29, 1.82) is 0 Å². The molecule has 0 fully saturated rings. The van der Waals surface area contributed by atoms with Gasteiger partial charge in [0.1, 0.15) is 0 Å². The average Bonchev–Trinajstić information content (AvgIpc) is 2.90. The van der Waals surface area contributed by atoms with Gasteiger partial charge in [-0.05, 0) is 78.1 Å². The zero-order valence-electron chi connectivity index (χ0n) is 20.9. The van der Waals surface area contributed by atoms with Crippen LogP contribution in [0.25, 0.3) is 0 Å². The van der Waals surface area contributed by atoms with Crippen LogP contribution in [0.15, 0.2) is 42.5 Å². The van der Waals surface area contributed by atoms with Gasteiger partial charge in [-0.15, -0.1) is 0 Å². The molecule has 0 aromatic heterocycles. The Bertz CT molecular complexity index is 1320. The van der Waals surface area contributed by atoms with Crippen LogP contribution in [0.4, 0.5) is 5.69 Å². The van der Waals surface area contributed by atoms with Crippen LogP contribution in [-0.2, 0) is 12.8 Å². The van der Waals surface area contributed by atoms with E-state index in [4.69, 9.17) is 66.0 Å². The molecule has 3 aromatic carbocycles. The number of ether oxygens (including phenoxy) is 4. The molecule has 1 heterocycles. The molecular formula is C27H27Cl3N2O4S. The number of benzene rings is 3. The molecule has 0 aliphatic carbocycles. The highest BCUT2D eigenvalue weighted by molar-refractivity contribution is 7.80. The summed E-state index contributed by atoms with van der Waals surface area (Å²) in [5, 5.41) is 4.98. The van der Waals surface area contributed by atoms with Crippen LogP contribution in [0.5, 0.6) is 23.0 Å². The van der Waals surface area contributed by atoms with Gasteiger partial charge >= 0.3 is 0 Å². The van der Waals surface area contributed by atoms with Crippen molar-refractivity contribution in [3.63, 3.8) is 0 Å². The number of hydrogen-bond donors (Lipinski definition) is 1. The molecule has 0 spiro atoms. The van der Waals surface area contributed by atoms with E-state index in [-0.39, 0.29) is 6.04 Å². The highest BCUT2D eigenvalue weighted by atomic mass is 35.5. The van der Waals surface area contributed by atoms with E-state index < -0.39 is 0 Å². The summed E-state index contributed by atoms with van der Waals surface area (Å²) in [5.41, 5.74) is 3.92. The van der Waals surface area contributed by atoms with E-state index in [0.717, 1.165) is 17.5 Å². The van der Waals surface area contributed by atoms with Crippen LogP contribution >= 0.6 is 47.0 Å². The lowest BCUT2D eigenvalue weighted by Crippen LogP contribution is -2.43. The van der Waals surface area contributed by atoms with Gasteiger partial charge in [0.15, 0.2) is 28.1 Å². The SMILES string of the molecule is COc1ccc(CC2c3cc(OC)c(OC)cc3CCN2C(=S)Nc2cc(Cl)c(Cl)cc2Cl)cc1OC. The van der Waals surface area contributed by atoms with E-state index >= 15 is 0 Å². The first-order valence-electron chi connectivity index (χ1n) is 11.5. The molecule has 1 N–H and O–H groups in total. The van der Waals surface area contributed by atoms with Crippen molar-refractivity contribution in [3.05, 3.63) is 74.2 Å². The Morgan fingerprint density at radius 3 is 2.14 bits per heavy atom. The van der Waals surface area contributed by atoms with Crippen molar-refractivity contribution < 1.29 is 18.9 Å². The summed E-state index contributed by atoms with van der Waals surface area (Å²) in [6.45, 7) is 0.686. The van der Waals surface area contributed by atoms with Crippen molar-refractivity contribution in [1.82, 2.24) is 4.90 Å². The van der Waals surface area contributed by atoms with Gasteiger partial charge < -0.3 is 29.2 Å². The number of fused-ring (bicyclic) bond motifs is 1. The first-order valence-corrected chi connectivity index (χ1v) is 13.0. The predicted molar refractivity (Wildman–Crippen MR) is 154 cm³/mol. The fourth-order valence-electron chi connectivity index (χ4n) is 4.53. The predicted octanol–water partition coefficient (Wildman–Crippen LogP) is 7.22. The minimum atomic E-state index is -0.108. The van der Waals surface area contributed by atoms with Crippen LogP contribution in [0.3, 0.4) is 0 Å². The summed E-state index contributed by atoms with van der Waals surface area (Å²) < 4.78 is 22.1. The summed E-state index contributed by atoms with van der Waals surface area (Å²) in [6, 6.07) is 13.2. The summed E-state index contributed by atoms with van der Waals surface area (Å²) in [5.74, 6) is 2.69. The Labute approximate surface area is 237 Å². The van der Waals surface area contributed by atoms with Crippen molar-refractivity contribution in [3.8, 4) is 23.0 Å². The first-order chi connectivity index (χ1) is 17.8. The van der Waals surface area contributed by atoms with Gasteiger partial charge in [-0.25, -0.2) is 0 Å². The molecular weight excluding hydrogens is 555 g/mol. The molecule has 0 saturated heterocycles. The molecule has 6 nitrogen and oxygen atoms in total. The smallest absolute Gasteiger partial charge is 0.174 e. The molecule has 0 amide bonds. The average molecular weight is 582 g/mol. The summed E-state index contributed by atoms with van der Waals surface area (Å²) in [6.07, 6.45) is 1.43. The number of halogens is 3. The van der Waals surface area contributed by atoms with Gasteiger partial charge in [0.05, 0.1) is 55.2 Å². The van der Waals surface area contributed by atoms with Crippen LogP contribution in [0, 0.1) is 0 Å². The van der Waals surface area contributed by atoms with E-state index in [0.29, 0.717) is 61.8 Å². The normalized spacial score (nSPS) is 14.6. The Balaban J connectivity index is 1.74. The highest BCUT2D eigenvalue weighted by Gasteiger charge is 2.31. The van der Waals surface area contributed by atoms with Gasteiger partial charge in [0.2, 0.25) is 0 Å². The molecule has 0 bridgehead atoms. The fourth-order valence-corrected chi connectivity index (χ4v) is 5.45. The van der Waals surface area contributed by atoms with Crippen LogP contribution in [0.1, 0.15) is 22.7 Å². The van der Waals surface area contributed by atoms with Crippen molar-refractivity contribution in [2.75, 3.05) is 40.3 Å². The topological polar surface area (TPSA) is 52.2 Å². The molecule has 4 rings (SSSR count). The van der Waals surface area contributed by atoms with E-state index in [1.165, 1.54) is 5.56 Å². The maximum Gasteiger partial charge on any atom is 0.174 e. The molecule has 1 unspecified atom stereocenters. The second-order valence-corrected chi connectivity index (χ2v) is 10.0. The fraction of sp³-hybridized carbons (Fsp3) is 0.296. The lowest BCUT2D eigenvalue weighted by Gasteiger charge is -2.39. The van der Waals surface area contributed by atoms with E-state index in [9.17, 15) is 0 Å². The lowest BCUT2D eigenvalue weighted by atomic mass is 9.88. The number of nitrogens with zero attached hydrogens (tertiary/aromatic N) is 1. The quantitative estimate of drug-likeness (QED) is 0.233. The van der Waals surface area contributed by atoms with Gasteiger partial charge in [-0.2, -0.15) is 0 Å². The Morgan fingerprint density at radius 2 is 1.46 bits per heavy atom. The largest absolute Gasteiger partial charge is 0.493 e. The molecule has 1 aliphatic rings. The number of nitrogens with one attached hydrogen (secondary N) is 1. The third-order valence-corrected chi connectivity index (χ3v) is 7.76. The molecule has 1 aliphatic heterocycles. The molecule has 1 atom stereocenters. The van der Waals surface area contributed by atoms with Gasteiger partial charge in [0.25, 0.3) is 0 Å². The van der Waals surface area contributed by atoms with Crippen LogP contribution in [-0.4, -0.2) is 45.0 Å². The molecule has 0 radical (unpaired) electrons. The number of methoxy groups -OCH3 is 4. The highest BCUT2D eigenvalue weighted by Crippen LogP contribution is 2.41. The lowest BCUT2D eigenvalue weighted by molar-refractivity contribution is 0.295. The minimum absolute atomic E-state index is 0.108. The second-order valence-electron chi connectivity index (χ2n) is 8.43. The molecule has 3 aromatic rings. The number of rotatable bonds is 7. The molecule has 37 heavy (non-hydrogen) atoms. The maximum atomic E-state index is 6.43. The maximum absolute atomic E-state index is 6.43. The third-order valence-electron chi connectivity index (χ3n) is 6.39. The Kier molecular flexibility index (Phi) is 8.80. The Hall–Kier alpha value is -2.58. The zero-order valence-corrected chi connectivity index (χ0v) is 23.9. The van der Waals surface area contributed by atoms with E-state index in [2.05, 4.69) is 10.2 Å². The van der Waals surface area contributed by atoms with Gasteiger partial charge in [-0.3, -0.25) is 0 Å². The summed E-state index contributed by atoms with van der Waals surface area (Å²) in [4.78, 5) is 2.15. The van der Waals surface area contributed by atoms with Crippen LogP contribution in [0.2, 0.25) is 15.1 Å². The third kappa shape index (κ3) is 5.80. The molecule has 196 valence electrons. The molecule has 0 saturated carbocycles. The summed E-state index contributed by atoms with van der Waals surface area (Å²) >= 11 is 24.7. The summed E-state index contributed by atoms with van der Waals surface area (Å²) in [7, 11) is 6.52. The van der Waals surface area contributed by atoms with Crippen molar-refractivity contribution in [2.45, 2.75) is 18.9 Å². The number of anilines is 1. The minimum Gasteiger partial charge on any atom is -0.493 e. The zero-order chi connectivity index (χ0) is 26.7. The second kappa shape index (κ2) is 11.9.